The predicted molar refractivity (Wildman–Crippen MR) is 80.2 cm³/mol. The molecular weight excluding hydrogens is 288 g/mol. The highest BCUT2D eigenvalue weighted by atomic mass is 28.3. The van der Waals surface area contributed by atoms with E-state index in [2.05, 4.69) is 4.74 Å². The fourth-order valence-electron chi connectivity index (χ4n) is 2.22. The number of fused-ring (bicyclic) bond motifs is 1. The van der Waals surface area contributed by atoms with Crippen molar-refractivity contribution in [3.05, 3.63) is 29.8 Å². The van der Waals surface area contributed by atoms with Crippen molar-refractivity contribution in [2.45, 2.75) is 19.1 Å². The first-order chi connectivity index (χ1) is 10.1. The second-order valence-corrected chi connectivity index (χ2v) is 6.70. The number of anilines is 1. The molecule has 0 spiro atoms. The largest absolute Gasteiger partial charge is 0.472 e. The average Bonchev–Trinajstić information content (AvgIpc) is 2.73. The van der Waals surface area contributed by atoms with Gasteiger partial charge >= 0.3 is 0 Å². The first-order valence-corrected chi connectivity index (χ1v) is 8.57. The molecule has 1 radical (unpaired) electrons. The predicted octanol–water partition coefficient (Wildman–Crippen LogP) is 1.24. The molecule has 2 rings (SSSR count). The Morgan fingerprint density at radius 3 is 2.95 bits per heavy atom. The van der Waals surface area contributed by atoms with E-state index >= 15 is 0 Å². The number of methoxy groups -OCH3 is 1. The average molecular weight is 307 g/mol. The Hall–Kier alpha value is -1.70. The third kappa shape index (κ3) is 3.90. The number of rotatable bonds is 4. The number of carbonyl (C=O) groups is 2. The molecule has 0 saturated heterocycles. The van der Waals surface area contributed by atoms with E-state index in [0.717, 1.165) is 11.3 Å². The smallest absolute Gasteiger partial charge is 0.288 e. The third-order valence-corrected chi connectivity index (χ3v) is 4.87. The molecule has 0 fully saturated rings. The van der Waals surface area contributed by atoms with Gasteiger partial charge < -0.3 is 19.8 Å². The zero-order valence-electron chi connectivity index (χ0n) is 12.0. The van der Waals surface area contributed by atoms with Crippen LogP contribution in [0.5, 0.6) is 0 Å². The fraction of sp³-hybridized carbons (Fsp3) is 0.429. The lowest BCUT2D eigenvalue weighted by Crippen LogP contribution is -2.39. The van der Waals surface area contributed by atoms with E-state index in [1.165, 1.54) is 7.11 Å². The summed E-state index contributed by atoms with van der Waals surface area (Å²) in [5.41, 5.74) is 1.48. The van der Waals surface area contributed by atoms with Crippen LogP contribution in [-0.2, 0) is 20.9 Å². The normalized spacial score (nSPS) is 14.5. The van der Waals surface area contributed by atoms with E-state index in [-0.39, 0.29) is 12.3 Å². The molecular formula is C14H19N2O4Si. The number of hydrogen-bond acceptors (Lipinski definition) is 5. The van der Waals surface area contributed by atoms with E-state index in [9.17, 15) is 9.59 Å². The van der Waals surface area contributed by atoms with Gasteiger partial charge in [-0.2, -0.15) is 0 Å². The van der Waals surface area contributed by atoms with Crippen LogP contribution in [0.25, 0.3) is 0 Å². The van der Waals surface area contributed by atoms with Gasteiger partial charge in [0.15, 0.2) is 0 Å². The Balaban J connectivity index is 2.04. The van der Waals surface area contributed by atoms with Crippen LogP contribution in [0.1, 0.15) is 12.0 Å². The van der Waals surface area contributed by atoms with Crippen molar-refractivity contribution in [1.29, 1.82) is 0 Å². The molecule has 6 nitrogen and oxygen atoms in total. The summed E-state index contributed by atoms with van der Waals surface area (Å²) >= 11 is 0. The highest BCUT2D eigenvalue weighted by molar-refractivity contribution is 6.86. The molecule has 1 aliphatic heterocycles. The molecule has 1 aromatic carbocycles. The molecule has 1 amide bonds. The minimum atomic E-state index is -1.78. The number of benzene rings is 1. The first-order valence-electron chi connectivity index (χ1n) is 6.79. The van der Waals surface area contributed by atoms with Crippen molar-refractivity contribution in [2.75, 3.05) is 25.2 Å². The maximum absolute atomic E-state index is 12.4. The zero-order chi connectivity index (χ0) is 15.2. The summed E-state index contributed by atoms with van der Waals surface area (Å²) in [5.74, 6) is -0.0372. The number of hydrogen-bond donors (Lipinski definition) is 1. The Morgan fingerprint density at radius 2 is 2.19 bits per heavy atom. The summed E-state index contributed by atoms with van der Waals surface area (Å²) in [5, 5.41) is 5.76. The number of carbonyl (C=O) groups excluding carboxylic acids is 2. The summed E-state index contributed by atoms with van der Waals surface area (Å²) in [6.45, 7) is 1.52. The molecule has 21 heavy (non-hydrogen) atoms. The van der Waals surface area contributed by atoms with Gasteiger partial charge in [-0.3, -0.25) is 9.59 Å². The molecule has 7 heteroatoms. The van der Waals surface area contributed by atoms with Crippen molar-refractivity contribution in [3.8, 4) is 0 Å². The number of nitrogens with two attached hydrogens (primary N) is 1. The molecule has 1 aromatic rings. The monoisotopic (exact) mass is 307 g/mol. The van der Waals surface area contributed by atoms with Crippen LogP contribution in [0.4, 0.5) is 10.5 Å². The van der Waals surface area contributed by atoms with Crippen LogP contribution < -0.4 is 10.3 Å². The Morgan fingerprint density at radius 1 is 1.43 bits per heavy atom. The van der Waals surface area contributed by atoms with E-state index in [4.69, 9.17) is 10.1 Å². The van der Waals surface area contributed by atoms with Crippen molar-refractivity contribution in [1.82, 2.24) is 0 Å². The number of ether oxygens (including phenoxy) is 2. The molecule has 0 atom stereocenters. The van der Waals surface area contributed by atoms with Gasteiger partial charge in [0.05, 0.1) is 20.3 Å². The van der Waals surface area contributed by atoms with Gasteiger partial charge in [-0.25, -0.2) is 0 Å². The summed E-state index contributed by atoms with van der Waals surface area (Å²) in [7, 11) is -0.467. The minimum absolute atomic E-state index is 0.0372. The van der Waals surface area contributed by atoms with Crippen LogP contribution in [0.3, 0.4) is 0 Å². The molecule has 113 valence electrons. The van der Waals surface area contributed by atoms with Crippen LogP contribution in [0.15, 0.2) is 24.3 Å². The molecule has 0 saturated carbocycles. The van der Waals surface area contributed by atoms with Crippen LogP contribution in [-0.4, -0.2) is 40.7 Å². The summed E-state index contributed by atoms with van der Waals surface area (Å²) < 4.78 is 10.1. The molecule has 1 heterocycles. The van der Waals surface area contributed by atoms with Crippen molar-refractivity contribution in [2.24, 2.45) is 5.40 Å². The van der Waals surface area contributed by atoms with Gasteiger partial charge in [-0.1, -0.05) is 18.2 Å². The first kappa shape index (κ1) is 15.7. The highest BCUT2D eigenvalue weighted by Crippen LogP contribution is 2.24. The molecule has 1 aliphatic rings. The molecule has 2 N–H and O–H groups in total. The Kier molecular flexibility index (Phi) is 5.49. The summed E-state index contributed by atoms with van der Waals surface area (Å²) in [4.78, 5) is 25.4. The van der Waals surface area contributed by atoms with Crippen LogP contribution in [0, 0.1) is 0 Å². The van der Waals surface area contributed by atoms with Crippen molar-refractivity contribution < 1.29 is 19.1 Å². The molecule has 0 unspecified atom stereocenters. The fourth-order valence-corrected chi connectivity index (χ4v) is 3.17. The topological polar surface area (TPSA) is 81.9 Å². The molecule has 0 aromatic heterocycles. The Bertz CT molecular complexity index is 523. The Labute approximate surface area is 125 Å². The summed E-state index contributed by atoms with van der Waals surface area (Å²) in [6, 6.07) is 8.06. The van der Waals surface area contributed by atoms with E-state index in [0.29, 0.717) is 25.8 Å². The second kappa shape index (κ2) is 7.35. The van der Waals surface area contributed by atoms with Gasteiger partial charge in [-0.05, 0) is 12.1 Å². The summed E-state index contributed by atoms with van der Waals surface area (Å²) in [6.07, 6.45) is 0.244. The van der Waals surface area contributed by atoms with Crippen molar-refractivity contribution >= 4 is 26.1 Å². The van der Waals surface area contributed by atoms with Gasteiger partial charge in [0.1, 0.15) is 0 Å². The van der Waals surface area contributed by atoms with Crippen LogP contribution in [0.2, 0.25) is 6.04 Å². The standard InChI is InChI=1S/C14H19N2O4Si/c1-19-14(18)21(15)9-6-13(17)16-7-8-20-10-11-4-2-3-5-12(11)16/h2-5H,6-10,15H2,1H3. The number of para-hydroxylation sites is 1. The lowest BCUT2D eigenvalue weighted by molar-refractivity contribution is -0.118. The van der Waals surface area contributed by atoms with Gasteiger partial charge in [0, 0.05) is 24.2 Å². The zero-order valence-corrected chi connectivity index (χ0v) is 13.0. The molecule has 0 aliphatic carbocycles. The highest BCUT2D eigenvalue weighted by Gasteiger charge is 2.24. The third-order valence-electron chi connectivity index (χ3n) is 3.36. The maximum Gasteiger partial charge on any atom is 0.288 e. The van der Waals surface area contributed by atoms with Gasteiger partial charge in [0.25, 0.3) is 14.6 Å². The van der Waals surface area contributed by atoms with Gasteiger partial charge in [-0.15, -0.1) is 0 Å². The van der Waals surface area contributed by atoms with E-state index in [1.807, 2.05) is 24.3 Å². The lowest BCUT2D eigenvalue weighted by atomic mass is 10.1. The van der Waals surface area contributed by atoms with E-state index < -0.39 is 14.6 Å². The van der Waals surface area contributed by atoms with Crippen molar-refractivity contribution in [3.63, 3.8) is 0 Å². The number of amides is 1. The lowest BCUT2D eigenvalue weighted by Gasteiger charge is -2.22. The number of nitrogens with zero attached hydrogens (tertiary/aromatic N) is 1. The quantitative estimate of drug-likeness (QED) is 0.846. The van der Waals surface area contributed by atoms with E-state index in [1.54, 1.807) is 4.90 Å². The maximum atomic E-state index is 12.4. The van der Waals surface area contributed by atoms with Crippen LogP contribution >= 0.6 is 0 Å². The second-order valence-electron chi connectivity index (χ2n) is 4.74. The minimum Gasteiger partial charge on any atom is -0.472 e. The SMILES string of the molecule is COC(=O)[Si](N)CCC(=O)N1CCOCc2ccccc21. The molecule has 0 bridgehead atoms. The van der Waals surface area contributed by atoms with Gasteiger partial charge in [0.2, 0.25) is 5.91 Å².